The van der Waals surface area contributed by atoms with Gasteiger partial charge >= 0.3 is 0 Å². The van der Waals surface area contributed by atoms with Crippen molar-refractivity contribution in [1.29, 1.82) is 0 Å². The molecule has 0 amide bonds. The zero-order valence-electron chi connectivity index (χ0n) is 10.9. The second-order valence-electron chi connectivity index (χ2n) is 4.29. The average Bonchev–Trinajstić information content (AvgIpc) is 2.46. The number of nitrogens with two attached hydrogens (primary N) is 1. The van der Waals surface area contributed by atoms with Gasteiger partial charge in [-0.1, -0.05) is 30.3 Å². The van der Waals surface area contributed by atoms with Crippen molar-refractivity contribution >= 4 is 21.4 Å². The molecule has 2 rings (SSSR count). The molecule has 0 radical (unpaired) electrons. The molecule has 0 spiro atoms. The summed E-state index contributed by atoms with van der Waals surface area (Å²) in [7, 11) is -4.00. The van der Waals surface area contributed by atoms with E-state index < -0.39 is 25.5 Å². The van der Waals surface area contributed by atoms with E-state index in [0.29, 0.717) is 0 Å². The molecule has 0 saturated heterocycles. The van der Waals surface area contributed by atoms with Gasteiger partial charge in [-0.3, -0.25) is 10.1 Å². The molecule has 0 heterocycles. The average molecular weight is 307 g/mol. The van der Waals surface area contributed by atoms with E-state index in [-0.39, 0.29) is 12.2 Å². The Kier molecular flexibility index (Phi) is 4.20. The number of rotatable bonds is 5. The van der Waals surface area contributed by atoms with Crippen LogP contribution in [0.2, 0.25) is 0 Å². The lowest BCUT2D eigenvalue weighted by molar-refractivity contribution is -0.387. The summed E-state index contributed by atoms with van der Waals surface area (Å²) in [4.78, 5) is 9.78. The van der Waals surface area contributed by atoms with Crippen LogP contribution in [0, 0.1) is 10.1 Å². The summed E-state index contributed by atoms with van der Waals surface area (Å²) in [6.07, 6.45) is 0. The van der Waals surface area contributed by atoms with Gasteiger partial charge in [0.15, 0.2) is 4.90 Å². The second kappa shape index (κ2) is 5.90. The summed E-state index contributed by atoms with van der Waals surface area (Å²) < 4.78 is 26.7. The highest BCUT2D eigenvalue weighted by Gasteiger charge is 2.25. The Bertz CT molecular complexity index is 760. The van der Waals surface area contributed by atoms with Gasteiger partial charge in [-0.25, -0.2) is 13.1 Å². The molecule has 0 bridgehead atoms. The zero-order valence-corrected chi connectivity index (χ0v) is 11.7. The Labute approximate surface area is 121 Å². The molecule has 2 aromatic rings. The van der Waals surface area contributed by atoms with Crippen molar-refractivity contribution in [1.82, 2.24) is 4.72 Å². The van der Waals surface area contributed by atoms with Crippen LogP contribution in [-0.2, 0) is 16.6 Å². The van der Waals surface area contributed by atoms with Crippen molar-refractivity contribution in [3.8, 4) is 0 Å². The number of nitrogens with zero attached hydrogens (tertiary/aromatic N) is 1. The van der Waals surface area contributed by atoms with E-state index in [1.165, 1.54) is 6.07 Å². The van der Waals surface area contributed by atoms with Gasteiger partial charge in [-0.15, -0.1) is 0 Å². The maximum Gasteiger partial charge on any atom is 0.291 e. The highest BCUT2D eigenvalue weighted by molar-refractivity contribution is 7.89. The van der Waals surface area contributed by atoms with Crippen molar-refractivity contribution in [3.63, 3.8) is 0 Å². The van der Waals surface area contributed by atoms with Crippen LogP contribution in [-0.4, -0.2) is 13.3 Å². The van der Waals surface area contributed by atoms with Gasteiger partial charge in [0.2, 0.25) is 10.0 Å². The number of sulfonamides is 1. The van der Waals surface area contributed by atoms with Crippen molar-refractivity contribution in [2.75, 3.05) is 5.73 Å². The summed E-state index contributed by atoms with van der Waals surface area (Å²) in [5.41, 5.74) is 5.79. The first-order chi connectivity index (χ1) is 9.90. The fourth-order valence-electron chi connectivity index (χ4n) is 1.76. The highest BCUT2D eigenvalue weighted by atomic mass is 32.2. The molecule has 0 atom stereocenters. The third-order valence-electron chi connectivity index (χ3n) is 2.78. The molecule has 0 unspecified atom stereocenters. The Morgan fingerprint density at radius 1 is 1.14 bits per heavy atom. The van der Waals surface area contributed by atoms with E-state index >= 15 is 0 Å². The molecular formula is C13H13N3O4S. The summed E-state index contributed by atoms with van der Waals surface area (Å²) in [5.74, 6) is 0. The summed E-state index contributed by atoms with van der Waals surface area (Å²) in [6.45, 7) is 0.0463. The zero-order chi connectivity index (χ0) is 15.5. The molecular weight excluding hydrogens is 294 g/mol. The summed E-state index contributed by atoms with van der Waals surface area (Å²) >= 11 is 0. The fraction of sp³-hybridized carbons (Fsp3) is 0.0769. The van der Waals surface area contributed by atoms with Crippen molar-refractivity contribution in [2.24, 2.45) is 0 Å². The van der Waals surface area contributed by atoms with Crippen LogP contribution in [0.4, 0.5) is 11.4 Å². The minimum atomic E-state index is -4.00. The van der Waals surface area contributed by atoms with Gasteiger partial charge in [0.1, 0.15) is 0 Å². The number of nitrogen functional groups attached to an aromatic ring is 1. The fourth-order valence-corrected chi connectivity index (χ4v) is 2.92. The first-order valence-corrected chi connectivity index (χ1v) is 7.46. The minimum Gasteiger partial charge on any atom is -0.399 e. The molecule has 0 aromatic heterocycles. The number of nitro groups is 1. The lowest BCUT2D eigenvalue weighted by Crippen LogP contribution is -2.24. The number of hydrogen-bond donors (Lipinski definition) is 2. The third kappa shape index (κ3) is 3.56. The minimum absolute atomic E-state index is 0.0463. The first-order valence-electron chi connectivity index (χ1n) is 5.97. The number of anilines is 1. The normalized spacial score (nSPS) is 11.2. The molecule has 0 aliphatic carbocycles. The number of nitro benzene ring substituents is 1. The van der Waals surface area contributed by atoms with Crippen LogP contribution in [0.25, 0.3) is 0 Å². The maximum absolute atomic E-state index is 12.2. The van der Waals surface area contributed by atoms with Gasteiger partial charge in [-0.05, 0) is 17.7 Å². The van der Waals surface area contributed by atoms with Crippen LogP contribution in [0.5, 0.6) is 0 Å². The maximum atomic E-state index is 12.2. The largest absolute Gasteiger partial charge is 0.399 e. The van der Waals surface area contributed by atoms with E-state index in [9.17, 15) is 18.5 Å². The third-order valence-corrected chi connectivity index (χ3v) is 4.23. The van der Waals surface area contributed by atoms with Gasteiger partial charge in [0, 0.05) is 18.3 Å². The van der Waals surface area contributed by atoms with Crippen LogP contribution in [0.15, 0.2) is 53.4 Å². The van der Waals surface area contributed by atoms with E-state index in [1.807, 2.05) is 6.07 Å². The number of nitrogens with one attached hydrogen (secondary N) is 1. The standard InChI is InChI=1S/C13H13N3O4S/c14-11-6-7-13(12(8-11)16(17)18)21(19,20)15-9-10-4-2-1-3-5-10/h1-8,15H,9,14H2. The van der Waals surface area contributed by atoms with Crippen LogP contribution in [0.3, 0.4) is 0 Å². The van der Waals surface area contributed by atoms with E-state index in [0.717, 1.165) is 17.7 Å². The molecule has 0 saturated carbocycles. The van der Waals surface area contributed by atoms with Crippen molar-refractivity contribution in [2.45, 2.75) is 11.4 Å². The Balaban J connectivity index is 2.30. The van der Waals surface area contributed by atoms with Gasteiger partial charge in [-0.2, -0.15) is 0 Å². The molecule has 2 aromatic carbocycles. The smallest absolute Gasteiger partial charge is 0.291 e. The predicted octanol–water partition coefficient (Wildman–Crippen LogP) is 1.66. The summed E-state index contributed by atoms with van der Waals surface area (Å²) in [5, 5.41) is 11.0. The van der Waals surface area contributed by atoms with Crippen LogP contribution < -0.4 is 10.5 Å². The molecule has 7 nitrogen and oxygen atoms in total. The highest BCUT2D eigenvalue weighted by Crippen LogP contribution is 2.25. The predicted molar refractivity (Wildman–Crippen MR) is 78.0 cm³/mol. The molecule has 3 N–H and O–H groups in total. The SMILES string of the molecule is Nc1ccc(S(=O)(=O)NCc2ccccc2)c([N+](=O)[O-])c1. The molecule has 0 aliphatic rings. The van der Waals surface area contributed by atoms with Crippen LogP contribution >= 0.6 is 0 Å². The second-order valence-corrected chi connectivity index (χ2v) is 6.03. The Morgan fingerprint density at radius 2 is 1.81 bits per heavy atom. The quantitative estimate of drug-likeness (QED) is 0.495. The summed E-state index contributed by atoms with van der Waals surface area (Å²) in [6, 6.07) is 12.3. The molecule has 8 heteroatoms. The van der Waals surface area contributed by atoms with Crippen molar-refractivity contribution in [3.05, 3.63) is 64.2 Å². The van der Waals surface area contributed by atoms with E-state index in [4.69, 9.17) is 5.73 Å². The molecule has 110 valence electrons. The molecule has 21 heavy (non-hydrogen) atoms. The lowest BCUT2D eigenvalue weighted by atomic mass is 10.2. The number of hydrogen-bond acceptors (Lipinski definition) is 5. The molecule has 0 aliphatic heterocycles. The monoisotopic (exact) mass is 307 g/mol. The van der Waals surface area contributed by atoms with E-state index in [2.05, 4.69) is 4.72 Å². The first kappa shape index (κ1) is 14.9. The number of benzene rings is 2. The lowest BCUT2D eigenvalue weighted by Gasteiger charge is -2.08. The Morgan fingerprint density at radius 3 is 2.43 bits per heavy atom. The Hall–Kier alpha value is -2.45. The van der Waals surface area contributed by atoms with E-state index in [1.54, 1.807) is 24.3 Å². The van der Waals surface area contributed by atoms with Gasteiger partial charge < -0.3 is 5.73 Å². The van der Waals surface area contributed by atoms with Gasteiger partial charge in [0.25, 0.3) is 5.69 Å². The van der Waals surface area contributed by atoms with Gasteiger partial charge in [0.05, 0.1) is 4.92 Å². The van der Waals surface area contributed by atoms with Crippen LogP contribution in [0.1, 0.15) is 5.56 Å². The molecule has 0 fully saturated rings. The topological polar surface area (TPSA) is 115 Å². The van der Waals surface area contributed by atoms with Crippen molar-refractivity contribution < 1.29 is 13.3 Å².